The van der Waals surface area contributed by atoms with Gasteiger partial charge in [0, 0.05) is 16.3 Å². The van der Waals surface area contributed by atoms with Crippen LogP contribution >= 0.6 is 43.5 Å². The molecule has 0 heterocycles. The molecule has 1 atom stereocenters. The molecule has 20 heavy (non-hydrogen) atoms. The Labute approximate surface area is 141 Å². The molecule has 0 aliphatic rings. The third kappa shape index (κ3) is 4.00. The van der Waals surface area contributed by atoms with Crippen LogP contribution < -0.4 is 4.74 Å². The Morgan fingerprint density at radius 2 is 1.95 bits per heavy atom. The average Bonchev–Trinajstić information content (AvgIpc) is 2.45. The third-order valence-corrected chi connectivity index (χ3v) is 4.69. The molecule has 0 saturated heterocycles. The maximum absolute atomic E-state index is 6.15. The number of rotatable bonds is 5. The van der Waals surface area contributed by atoms with Crippen molar-refractivity contribution in [3.8, 4) is 5.75 Å². The molecule has 0 N–H and O–H groups in total. The molecule has 0 aliphatic carbocycles. The number of hydrogen-bond donors (Lipinski definition) is 0. The largest absolute Gasteiger partial charge is 0.496 e. The van der Waals surface area contributed by atoms with Crippen LogP contribution in [0.25, 0.3) is 0 Å². The molecular formula is C16H15Br2ClO. The highest BCUT2D eigenvalue weighted by atomic mass is 79.9. The van der Waals surface area contributed by atoms with Crippen molar-refractivity contribution in [2.24, 2.45) is 0 Å². The van der Waals surface area contributed by atoms with E-state index < -0.39 is 0 Å². The third-order valence-electron chi connectivity index (χ3n) is 3.20. The second-order valence-electron chi connectivity index (χ2n) is 4.58. The molecule has 4 heteroatoms. The van der Waals surface area contributed by atoms with Gasteiger partial charge < -0.3 is 4.74 Å². The van der Waals surface area contributed by atoms with Crippen LogP contribution in [0.3, 0.4) is 0 Å². The van der Waals surface area contributed by atoms with E-state index in [0.29, 0.717) is 11.8 Å². The Kier molecular flexibility index (Phi) is 5.94. The molecule has 106 valence electrons. The number of alkyl halides is 1. The lowest BCUT2D eigenvalue weighted by Crippen LogP contribution is -2.05. The maximum Gasteiger partial charge on any atom is 0.133 e. The zero-order chi connectivity index (χ0) is 14.5. The Morgan fingerprint density at radius 1 is 1.15 bits per heavy atom. The van der Waals surface area contributed by atoms with Gasteiger partial charge in [-0.3, -0.25) is 0 Å². The summed E-state index contributed by atoms with van der Waals surface area (Å²) in [7, 11) is 1.67. The van der Waals surface area contributed by atoms with Crippen LogP contribution in [0.2, 0.25) is 0 Å². The minimum Gasteiger partial charge on any atom is -0.496 e. The van der Waals surface area contributed by atoms with Gasteiger partial charge in [-0.05, 0) is 57.7 Å². The van der Waals surface area contributed by atoms with Gasteiger partial charge in [-0.25, -0.2) is 0 Å². The van der Waals surface area contributed by atoms with Crippen molar-refractivity contribution >= 4 is 43.5 Å². The highest BCUT2D eigenvalue weighted by Crippen LogP contribution is 2.29. The maximum atomic E-state index is 6.15. The molecule has 2 aromatic carbocycles. The van der Waals surface area contributed by atoms with Crippen LogP contribution in [-0.2, 0) is 6.42 Å². The van der Waals surface area contributed by atoms with Gasteiger partial charge in [0.15, 0.2) is 0 Å². The van der Waals surface area contributed by atoms with Crippen molar-refractivity contribution in [1.82, 2.24) is 0 Å². The van der Waals surface area contributed by atoms with E-state index in [1.165, 1.54) is 11.1 Å². The fourth-order valence-electron chi connectivity index (χ4n) is 2.14. The lowest BCUT2D eigenvalue weighted by atomic mass is 9.93. The van der Waals surface area contributed by atoms with E-state index in [9.17, 15) is 0 Å². The fourth-order valence-corrected chi connectivity index (χ4v) is 3.44. The van der Waals surface area contributed by atoms with Gasteiger partial charge in [0.2, 0.25) is 0 Å². The first-order valence-corrected chi connectivity index (χ1v) is 8.40. The van der Waals surface area contributed by atoms with E-state index in [0.717, 1.165) is 21.1 Å². The summed E-state index contributed by atoms with van der Waals surface area (Å²) in [5, 5.41) is 0. The standard InChI is InChI=1S/C16H15Br2ClO/c1-20-16-6-5-11(8-15(16)18)7-13(10-19)12-3-2-4-14(17)9-12/h2-6,8-9,13H,7,10H2,1H3. The lowest BCUT2D eigenvalue weighted by molar-refractivity contribution is 0.412. The summed E-state index contributed by atoms with van der Waals surface area (Å²) < 4.78 is 7.31. The van der Waals surface area contributed by atoms with Crippen molar-refractivity contribution in [2.45, 2.75) is 12.3 Å². The number of hydrogen-bond acceptors (Lipinski definition) is 1. The van der Waals surface area contributed by atoms with Crippen LogP contribution in [0, 0.1) is 0 Å². The van der Waals surface area contributed by atoms with E-state index in [2.05, 4.69) is 56.1 Å². The van der Waals surface area contributed by atoms with Crippen LogP contribution in [-0.4, -0.2) is 13.0 Å². The Hall–Kier alpha value is -0.510. The Morgan fingerprint density at radius 3 is 2.55 bits per heavy atom. The van der Waals surface area contributed by atoms with Gasteiger partial charge in [0.25, 0.3) is 0 Å². The van der Waals surface area contributed by atoms with Crippen LogP contribution in [0.1, 0.15) is 17.0 Å². The molecule has 0 fully saturated rings. The predicted octanol–water partition coefficient (Wildman–Crippen LogP) is 5.79. The summed E-state index contributed by atoms with van der Waals surface area (Å²) >= 11 is 13.2. The molecule has 2 aromatic rings. The molecule has 0 saturated carbocycles. The minimum atomic E-state index is 0.300. The molecule has 0 spiro atoms. The van der Waals surface area contributed by atoms with Crippen molar-refractivity contribution in [3.05, 3.63) is 62.5 Å². The molecule has 2 rings (SSSR count). The van der Waals surface area contributed by atoms with Crippen molar-refractivity contribution in [3.63, 3.8) is 0 Å². The summed E-state index contributed by atoms with van der Waals surface area (Å²) in [6.45, 7) is 0. The van der Waals surface area contributed by atoms with E-state index >= 15 is 0 Å². The molecule has 0 amide bonds. The van der Waals surface area contributed by atoms with Gasteiger partial charge in [-0.15, -0.1) is 11.6 Å². The van der Waals surface area contributed by atoms with Gasteiger partial charge in [0.05, 0.1) is 11.6 Å². The molecule has 0 bridgehead atoms. The summed E-state index contributed by atoms with van der Waals surface area (Å²) in [5.74, 6) is 1.74. The topological polar surface area (TPSA) is 9.23 Å². The van der Waals surface area contributed by atoms with Crippen LogP contribution in [0.5, 0.6) is 5.75 Å². The second kappa shape index (κ2) is 7.48. The van der Waals surface area contributed by atoms with E-state index in [1.807, 2.05) is 18.2 Å². The zero-order valence-electron chi connectivity index (χ0n) is 11.1. The first kappa shape index (κ1) is 15.9. The molecule has 0 radical (unpaired) electrons. The molecular weight excluding hydrogens is 403 g/mol. The zero-order valence-corrected chi connectivity index (χ0v) is 15.0. The molecule has 1 nitrogen and oxygen atoms in total. The van der Waals surface area contributed by atoms with Crippen LogP contribution in [0.4, 0.5) is 0 Å². The van der Waals surface area contributed by atoms with E-state index in [4.69, 9.17) is 16.3 Å². The number of benzene rings is 2. The quantitative estimate of drug-likeness (QED) is 0.559. The number of halogens is 3. The van der Waals surface area contributed by atoms with Crippen molar-refractivity contribution in [2.75, 3.05) is 13.0 Å². The van der Waals surface area contributed by atoms with Gasteiger partial charge >= 0.3 is 0 Å². The van der Waals surface area contributed by atoms with E-state index in [1.54, 1.807) is 7.11 Å². The van der Waals surface area contributed by atoms with Gasteiger partial charge in [-0.1, -0.05) is 34.1 Å². The lowest BCUT2D eigenvalue weighted by Gasteiger charge is -2.15. The summed E-state index contributed by atoms with van der Waals surface area (Å²) in [4.78, 5) is 0. The number of ether oxygens (including phenoxy) is 1. The highest BCUT2D eigenvalue weighted by Gasteiger charge is 2.13. The minimum absolute atomic E-state index is 0.300. The fraction of sp³-hybridized carbons (Fsp3) is 0.250. The summed E-state index contributed by atoms with van der Waals surface area (Å²) in [5.41, 5.74) is 2.49. The Bertz CT molecular complexity index is 586. The SMILES string of the molecule is COc1ccc(CC(CCl)c2cccc(Br)c2)cc1Br. The monoisotopic (exact) mass is 416 g/mol. The predicted molar refractivity (Wildman–Crippen MR) is 92.0 cm³/mol. The van der Waals surface area contributed by atoms with E-state index in [-0.39, 0.29) is 0 Å². The first-order valence-electron chi connectivity index (χ1n) is 6.28. The van der Waals surface area contributed by atoms with Crippen molar-refractivity contribution < 1.29 is 4.74 Å². The summed E-state index contributed by atoms with van der Waals surface area (Å²) in [6, 6.07) is 14.5. The molecule has 1 unspecified atom stereocenters. The Balaban J connectivity index is 2.20. The van der Waals surface area contributed by atoms with Crippen molar-refractivity contribution in [1.29, 1.82) is 0 Å². The van der Waals surface area contributed by atoms with Crippen LogP contribution in [0.15, 0.2) is 51.4 Å². The van der Waals surface area contributed by atoms with Gasteiger partial charge in [-0.2, -0.15) is 0 Å². The summed E-state index contributed by atoms with van der Waals surface area (Å²) in [6.07, 6.45) is 0.905. The second-order valence-corrected chi connectivity index (χ2v) is 6.66. The average molecular weight is 419 g/mol. The smallest absolute Gasteiger partial charge is 0.133 e. The normalized spacial score (nSPS) is 12.2. The molecule has 0 aromatic heterocycles. The number of methoxy groups -OCH3 is 1. The first-order chi connectivity index (χ1) is 9.63. The molecule has 0 aliphatic heterocycles. The highest BCUT2D eigenvalue weighted by molar-refractivity contribution is 9.10. The van der Waals surface area contributed by atoms with Gasteiger partial charge in [0.1, 0.15) is 5.75 Å².